The van der Waals surface area contributed by atoms with E-state index in [1.165, 1.54) is 17.9 Å². The standard InChI is InChI=1S/C14H18N2S/c1-14(2)7-13(9-17-10-14)16-12-5-3-11(8-15)4-6-12/h3-6,13,16H,7,9-10H2,1-2H3. The quantitative estimate of drug-likeness (QED) is 0.867. The summed E-state index contributed by atoms with van der Waals surface area (Å²) in [5, 5.41) is 12.3. The van der Waals surface area contributed by atoms with Crippen molar-refractivity contribution in [3.8, 4) is 6.07 Å². The molecule has 0 saturated carbocycles. The predicted molar refractivity (Wildman–Crippen MR) is 74.3 cm³/mol. The minimum atomic E-state index is 0.424. The zero-order valence-corrected chi connectivity index (χ0v) is 11.2. The van der Waals surface area contributed by atoms with Crippen LogP contribution in [0.4, 0.5) is 5.69 Å². The number of nitrogens with zero attached hydrogens (tertiary/aromatic N) is 1. The SMILES string of the molecule is CC1(C)CSCC(Nc2ccc(C#N)cc2)C1. The summed E-state index contributed by atoms with van der Waals surface area (Å²) < 4.78 is 0. The molecule has 1 N–H and O–H groups in total. The number of anilines is 1. The van der Waals surface area contributed by atoms with E-state index >= 15 is 0 Å². The lowest BCUT2D eigenvalue weighted by atomic mass is 9.88. The first-order chi connectivity index (χ1) is 8.09. The van der Waals surface area contributed by atoms with E-state index in [1.54, 1.807) is 0 Å². The summed E-state index contributed by atoms with van der Waals surface area (Å²) in [5.41, 5.74) is 2.26. The molecule has 90 valence electrons. The summed E-state index contributed by atoms with van der Waals surface area (Å²) in [6, 6.07) is 10.4. The van der Waals surface area contributed by atoms with Gasteiger partial charge in [0.25, 0.3) is 0 Å². The molecule has 2 nitrogen and oxygen atoms in total. The Labute approximate surface area is 107 Å². The Balaban J connectivity index is 1.98. The van der Waals surface area contributed by atoms with Crippen molar-refractivity contribution in [2.24, 2.45) is 5.41 Å². The number of rotatable bonds is 2. The minimum Gasteiger partial charge on any atom is -0.381 e. The lowest BCUT2D eigenvalue weighted by molar-refractivity contribution is 0.358. The third-order valence-electron chi connectivity index (χ3n) is 3.00. The zero-order chi connectivity index (χ0) is 12.3. The maximum absolute atomic E-state index is 8.74. The zero-order valence-electron chi connectivity index (χ0n) is 10.4. The molecule has 1 atom stereocenters. The van der Waals surface area contributed by atoms with Gasteiger partial charge in [-0.1, -0.05) is 13.8 Å². The van der Waals surface area contributed by atoms with Crippen LogP contribution < -0.4 is 5.32 Å². The van der Waals surface area contributed by atoms with Gasteiger partial charge in [0.05, 0.1) is 11.6 Å². The highest BCUT2D eigenvalue weighted by Gasteiger charge is 2.28. The molecule has 1 fully saturated rings. The first kappa shape index (κ1) is 12.3. The van der Waals surface area contributed by atoms with E-state index < -0.39 is 0 Å². The molecule has 1 aromatic rings. The summed E-state index contributed by atoms with van der Waals surface area (Å²) in [7, 11) is 0. The molecule has 1 aromatic carbocycles. The monoisotopic (exact) mass is 246 g/mol. The van der Waals surface area contributed by atoms with Crippen LogP contribution >= 0.6 is 11.8 Å². The van der Waals surface area contributed by atoms with Crippen molar-refractivity contribution in [2.75, 3.05) is 16.8 Å². The van der Waals surface area contributed by atoms with Crippen LogP contribution in [0.25, 0.3) is 0 Å². The molecular weight excluding hydrogens is 228 g/mol. The molecule has 1 aliphatic rings. The summed E-state index contributed by atoms with van der Waals surface area (Å²) >= 11 is 2.02. The highest BCUT2D eigenvalue weighted by Crippen LogP contribution is 2.34. The van der Waals surface area contributed by atoms with Crippen LogP contribution in [-0.4, -0.2) is 17.5 Å². The number of hydrogen-bond acceptors (Lipinski definition) is 3. The van der Waals surface area contributed by atoms with Crippen LogP contribution in [0.2, 0.25) is 0 Å². The van der Waals surface area contributed by atoms with Crippen molar-refractivity contribution < 1.29 is 0 Å². The van der Waals surface area contributed by atoms with Crippen molar-refractivity contribution in [3.63, 3.8) is 0 Å². The van der Waals surface area contributed by atoms with E-state index in [4.69, 9.17) is 5.26 Å². The Morgan fingerprint density at radius 2 is 2.06 bits per heavy atom. The normalized spacial score (nSPS) is 22.8. The average Bonchev–Trinajstić information content (AvgIpc) is 2.29. The lowest BCUT2D eigenvalue weighted by Crippen LogP contribution is -2.35. The lowest BCUT2D eigenvalue weighted by Gasteiger charge is -2.35. The maximum Gasteiger partial charge on any atom is 0.0991 e. The van der Waals surface area contributed by atoms with Gasteiger partial charge in [0.1, 0.15) is 0 Å². The topological polar surface area (TPSA) is 35.8 Å². The highest BCUT2D eigenvalue weighted by atomic mass is 32.2. The molecule has 2 rings (SSSR count). The molecule has 0 radical (unpaired) electrons. The van der Waals surface area contributed by atoms with Crippen LogP contribution in [-0.2, 0) is 0 Å². The average molecular weight is 246 g/mol. The van der Waals surface area contributed by atoms with Crippen molar-refractivity contribution in [1.82, 2.24) is 0 Å². The van der Waals surface area contributed by atoms with Gasteiger partial charge in [0.15, 0.2) is 0 Å². The third-order valence-corrected chi connectivity index (χ3v) is 4.62. The molecular formula is C14H18N2S. The summed E-state index contributed by atoms with van der Waals surface area (Å²) in [4.78, 5) is 0. The molecule has 0 bridgehead atoms. The molecule has 0 amide bonds. The van der Waals surface area contributed by atoms with Crippen LogP contribution in [0.1, 0.15) is 25.8 Å². The van der Waals surface area contributed by atoms with E-state index in [9.17, 15) is 0 Å². The van der Waals surface area contributed by atoms with Crippen LogP contribution in [0.3, 0.4) is 0 Å². The number of thioether (sulfide) groups is 1. The van der Waals surface area contributed by atoms with Gasteiger partial charge < -0.3 is 5.32 Å². The van der Waals surface area contributed by atoms with Crippen molar-refractivity contribution in [3.05, 3.63) is 29.8 Å². The predicted octanol–water partition coefficient (Wildman–Crippen LogP) is 3.50. The summed E-state index contributed by atoms with van der Waals surface area (Å²) in [5.74, 6) is 2.42. The van der Waals surface area contributed by atoms with Crippen molar-refractivity contribution in [1.29, 1.82) is 5.26 Å². The maximum atomic E-state index is 8.74. The minimum absolute atomic E-state index is 0.424. The van der Waals surface area contributed by atoms with Gasteiger partial charge in [-0.15, -0.1) is 0 Å². The first-order valence-corrected chi connectivity index (χ1v) is 7.09. The Morgan fingerprint density at radius 3 is 2.65 bits per heavy atom. The Kier molecular flexibility index (Phi) is 3.63. The molecule has 1 saturated heterocycles. The summed E-state index contributed by atoms with van der Waals surface area (Å²) in [6.45, 7) is 4.65. The van der Waals surface area contributed by atoms with E-state index in [2.05, 4.69) is 25.2 Å². The second kappa shape index (κ2) is 5.01. The van der Waals surface area contributed by atoms with Gasteiger partial charge in [0, 0.05) is 17.5 Å². The molecule has 0 aliphatic carbocycles. The molecule has 1 unspecified atom stereocenters. The van der Waals surface area contributed by atoms with E-state index in [0.717, 1.165) is 5.69 Å². The highest BCUT2D eigenvalue weighted by molar-refractivity contribution is 7.99. The summed E-state index contributed by atoms with van der Waals surface area (Å²) in [6.07, 6.45) is 1.21. The third kappa shape index (κ3) is 3.41. The molecule has 0 aromatic heterocycles. The fourth-order valence-electron chi connectivity index (χ4n) is 2.23. The molecule has 1 heterocycles. The van der Waals surface area contributed by atoms with E-state index in [1.807, 2.05) is 36.0 Å². The van der Waals surface area contributed by atoms with Gasteiger partial charge in [-0.3, -0.25) is 0 Å². The number of nitriles is 1. The van der Waals surface area contributed by atoms with Crippen LogP contribution in [0.15, 0.2) is 24.3 Å². The Morgan fingerprint density at radius 1 is 1.35 bits per heavy atom. The second-order valence-corrected chi connectivity index (χ2v) is 6.44. The number of hydrogen-bond donors (Lipinski definition) is 1. The molecule has 1 aliphatic heterocycles. The van der Waals surface area contributed by atoms with E-state index in [0.29, 0.717) is 17.0 Å². The Hall–Kier alpha value is -1.14. The number of nitrogens with one attached hydrogen (secondary N) is 1. The van der Waals surface area contributed by atoms with Crippen LogP contribution in [0, 0.1) is 16.7 Å². The Bertz CT molecular complexity index is 417. The smallest absolute Gasteiger partial charge is 0.0991 e. The van der Waals surface area contributed by atoms with Gasteiger partial charge in [-0.25, -0.2) is 0 Å². The molecule has 3 heteroatoms. The largest absolute Gasteiger partial charge is 0.381 e. The van der Waals surface area contributed by atoms with Crippen molar-refractivity contribution in [2.45, 2.75) is 26.3 Å². The van der Waals surface area contributed by atoms with Gasteiger partial charge >= 0.3 is 0 Å². The fraction of sp³-hybridized carbons (Fsp3) is 0.500. The van der Waals surface area contributed by atoms with Crippen molar-refractivity contribution >= 4 is 17.4 Å². The van der Waals surface area contributed by atoms with Gasteiger partial charge in [-0.05, 0) is 41.9 Å². The van der Waals surface area contributed by atoms with Gasteiger partial charge in [0.2, 0.25) is 0 Å². The number of benzene rings is 1. The van der Waals surface area contributed by atoms with E-state index in [-0.39, 0.29) is 0 Å². The van der Waals surface area contributed by atoms with Crippen LogP contribution in [0.5, 0.6) is 0 Å². The molecule has 0 spiro atoms. The second-order valence-electron chi connectivity index (χ2n) is 5.41. The fourth-order valence-corrected chi connectivity index (χ4v) is 3.51. The van der Waals surface area contributed by atoms with Gasteiger partial charge in [-0.2, -0.15) is 17.0 Å². The molecule has 17 heavy (non-hydrogen) atoms. The first-order valence-electron chi connectivity index (χ1n) is 5.93.